The second kappa shape index (κ2) is 16.5. The molecular weight excluding hydrogens is 809 g/mol. The van der Waals surface area contributed by atoms with E-state index >= 15 is 0 Å². The van der Waals surface area contributed by atoms with Gasteiger partial charge < -0.3 is 9.80 Å². The van der Waals surface area contributed by atoms with Crippen LogP contribution in [-0.2, 0) is 5.41 Å². The Hall–Kier alpha value is -8.46. The minimum Gasteiger partial charge on any atom is -0.310 e. The zero-order valence-electron chi connectivity index (χ0n) is 37.6. The van der Waals surface area contributed by atoms with Gasteiger partial charge in [-0.15, -0.1) is 0 Å². The predicted octanol–water partition coefficient (Wildman–Crippen LogP) is 18.2. The summed E-state index contributed by atoms with van der Waals surface area (Å²) in [6.07, 6.45) is 0. The fourth-order valence-corrected chi connectivity index (χ4v) is 10.6. The number of hydrogen-bond donors (Lipinski definition) is 0. The summed E-state index contributed by atoms with van der Waals surface area (Å²) >= 11 is 0. The van der Waals surface area contributed by atoms with Crippen LogP contribution in [0.25, 0.3) is 66.1 Å². The Bertz CT molecular complexity index is 3600. The molecule has 0 amide bonds. The molecule has 0 aromatic heterocycles. The lowest BCUT2D eigenvalue weighted by Gasteiger charge is -2.31. The lowest BCUT2D eigenvalue weighted by Crippen LogP contribution is -2.17. The molecule has 0 unspecified atom stereocenters. The van der Waals surface area contributed by atoms with E-state index in [-0.39, 0.29) is 5.41 Å². The van der Waals surface area contributed by atoms with Gasteiger partial charge >= 0.3 is 0 Å². The summed E-state index contributed by atoms with van der Waals surface area (Å²) in [4.78, 5) is 4.87. The average molecular weight is 857 g/mol. The molecular formula is C65H48N2. The van der Waals surface area contributed by atoms with Gasteiger partial charge in [-0.3, -0.25) is 0 Å². The van der Waals surface area contributed by atoms with Gasteiger partial charge in [-0.25, -0.2) is 0 Å². The molecule has 11 aromatic carbocycles. The van der Waals surface area contributed by atoms with Crippen LogP contribution >= 0.6 is 0 Å². The third-order valence-corrected chi connectivity index (χ3v) is 13.8. The molecule has 0 bridgehead atoms. The largest absolute Gasteiger partial charge is 0.310 e. The first-order chi connectivity index (χ1) is 33.0. The Morgan fingerprint density at radius 2 is 0.776 bits per heavy atom. The summed E-state index contributed by atoms with van der Waals surface area (Å²) in [7, 11) is 0. The highest BCUT2D eigenvalue weighted by Gasteiger charge is 2.37. The van der Waals surface area contributed by atoms with Crippen molar-refractivity contribution >= 4 is 55.7 Å². The molecule has 67 heavy (non-hydrogen) atoms. The van der Waals surface area contributed by atoms with Crippen molar-refractivity contribution in [1.29, 1.82) is 0 Å². The highest BCUT2D eigenvalue weighted by Crippen LogP contribution is 2.54. The van der Waals surface area contributed by atoms with Gasteiger partial charge in [0.1, 0.15) is 0 Å². The van der Waals surface area contributed by atoms with Crippen LogP contribution in [0.15, 0.2) is 255 Å². The Labute approximate surface area is 393 Å². The maximum atomic E-state index is 2.46. The second-order valence-electron chi connectivity index (χ2n) is 18.1. The van der Waals surface area contributed by atoms with Crippen LogP contribution in [0, 0.1) is 0 Å². The Kier molecular flexibility index (Phi) is 9.88. The molecule has 0 saturated carbocycles. The summed E-state index contributed by atoms with van der Waals surface area (Å²) in [5.74, 6) is 0. The van der Waals surface area contributed by atoms with Crippen molar-refractivity contribution in [2.45, 2.75) is 19.3 Å². The van der Waals surface area contributed by atoms with Gasteiger partial charge in [0.05, 0.1) is 0 Å². The van der Waals surface area contributed by atoms with Crippen LogP contribution in [-0.4, -0.2) is 0 Å². The number of hydrogen-bond acceptors (Lipinski definition) is 2. The van der Waals surface area contributed by atoms with Gasteiger partial charge in [-0.1, -0.05) is 202 Å². The molecule has 318 valence electrons. The third kappa shape index (κ3) is 7.06. The molecule has 1 aliphatic rings. The fraction of sp³-hybridized carbons (Fsp3) is 0.0462. The average Bonchev–Trinajstić information content (AvgIpc) is 3.62. The molecule has 0 spiro atoms. The Balaban J connectivity index is 1.13. The van der Waals surface area contributed by atoms with E-state index in [4.69, 9.17) is 0 Å². The number of fused-ring (bicyclic) bond motifs is 5. The number of nitrogens with zero attached hydrogens (tertiary/aromatic N) is 2. The smallest absolute Gasteiger partial charge is 0.0488 e. The molecule has 2 heteroatoms. The number of benzene rings is 11. The van der Waals surface area contributed by atoms with Gasteiger partial charge in [-0.2, -0.15) is 0 Å². The van der Waals surface area contributed by atoms with Gasteiger partial charge in [0.15, 0.2) is 0 Å². The number of para-hydroxylation sites is 2. The standard InChI is InChI=1S/C65H48N2/c1-65(2)61-33-19-32-58(46-21-7-3-8-22-46)64(61)60-39-37-54(44-62(60)65)67(52-29-13-6-14-30-52)56-42-50(59-38-35-47-23-17-18-31-57(47)63(59)48-24-9-4-10-25-48)41-55(43-56)66(51-27-11-5-12-28-51)53-36-34-45-20-15-16-26-49(45)40-53/h3-44H,1-2H3. The van der Waals surface area contributed by atoms with Crippen molar-refractivity contribution in [2.75, 3.05) is 9.80 Å². The van der Waals surface area contributed by atoms with Gasteiger partial charge in [-0.05, 0) is 144 Å². The maximum Gasteiger partial charge on any atom is 0.0488 e. The van der Waals surface area contributed by atoms with E-state index in [0.717, 1.165) is 39.7 Å². The zero-order chi connectivity index (χ0) is 44.9. The normalized spacial score (nSPS) is 12.4. The summed E-state index contributed by atoms with van der Waals surface area (Å²) < 4.78 is 0. The molecule has 0 radical (unpaired) electrons. The SMILES string of the molecule is CC1(C)c2cc(N(c3ccccc3)c3cc(-c4ccc5ccccc5c4-c4ccccc4)cc(N(c4ccccc4)c4ccc5ccccc5c4)c3)ccc2-c2c(-c3ccccc3)cccc21. The third-order valence-electron chi connectivity index (χ3n) is 13.8. The van der Waals surface area contributed by atoms with E-state index < -0.39 is 0 Å². The van der Waals surface area contributed by atoms with Gasteiger partial charge in [0.2, 0.25) is 0 Å². The Morgan fingerprint density at radius 3 is 1.45 bits per heavy atom. The summed E-state index contributed by atoms with van der Waals surface area (Å²) in [5, 5.41) is 4.85. The maximum absolute atomic E-state index is 2.46. The van der Waals surface area contributed by atoms with E-state index in [2.05, 4.69) is 278 Å². The van der Waals surface area contributed by atoms with Crippen molar-refractivity contribution in [3.63, 3.8) is 0 Å². The first kappa shape index (κ1) is 40.1. The highest BCUT2D eigenvalue weighted by molar-refractivity contribution is 6.05. The quantitative estimate of drug-likeness (QED) is 0.143. The molecule has 0 heterocycles. The molecule has 12 rings (SSSR count). The summed E-state index contributed by atoms with van der Waals surface area (Å²) in [6, 6.07) is 93.3. The molecule has 11 aromatic rings. The van der Waals surface area contributed by atoms with Crippen molar-refractivity contribution in [3.8, 4) is 44.5 Å². The number of anilines is 6. The van der Waals surface area contributed by atoms with Crippen LogP contribution in [0.1, 0.15) is 25.0 Å². The lowest BCUT2D eigenvalue weighted by atomic mass is 9.81. The van der Waals surface area contributed by atoms with Crippen molar-refractivity contribution in [3.05, 3.63) is 266 Å². The van der Waals surface area contributed by atoms with E-state index in [1.807, 2.05) is 0 Å². The van der Waals surface area contributed by atoms with Gasteiger partial charge in [0, 0.05) is 39.5 Å². The van der Waals surface area contributed by atoms with E-state index in [9.17, 15) is 0 Å². The second-order valence-corrected chi connectivity index (χ2v) is 18.1. The summed E-state index contributed by atoms with van der Waals surface area (Å²) in [5.41, 5.74) is 18.8. The van der Waals surface area contributed by atoms with Crippen LogP contribution in [0.3, 0.4) is 0 Å². The van der Waals surface area contributed by atoms with Crippen LogP contribution in [0.4, 0.5) is 34.1 Å². The van der Waals surface area contributed by atoms with Crippen LogP contribution in [0.2, 0.25) is 0 Å². The van der Waals surface area contributed by atoms with Crippen molar-refractivity contribution < 1.29 is 0 Å². The lowest BCUT2D eigenvalue weighted by molar-refractivity contribution is 0.660. The molecule has 1 aliphatic carbocycles. The minimum atomic E-state index is -0.225. The van der Waals surface area contributed by atoms with Crippen LogP contribution < -0.4 is 9.80 Å². The van der Waals surface area contributed by atoms with E-state index in [1.54, 1.807) is 0 Å². The molecule has 0 atom stereocenters. The Morgan fingerprint density at radius 1 is 0.269 bits per heavy atom. The first-order valence-electron chi connectivity index (χ1n) is 23.3. The first-order valence-corrected chi connectivity index (χ1v) is 23.3. The van der Waals surface area contributed by atoms with E-state index in [0.29, 0.717) is 0 Å². The number of rotatable bonds is 9. The molecule has 0 fully saturated rings. The molecule has 0 aliphatic heterocycles. The zero-order valence-corrected chi connectivity index (χ0v) is 37.6. The van der Waals surface area contributed by atoms with E-state index in [1.165, 1.54) is 71.6 Å². The molecule has 2 nitrogen and oxygen atoms in total. The van der Waals surface area contributed by atoms with Crippen molar-refractivity contribution in [2.24, 2.45) is 0 Å². The molecule has 0 N–H and O–H groups in total. The predicted molar refractivity (Wildman–Crippen MR) is 285 cm³/mol. The highest BCUT2D eigenvalue weighted by atomic mass is 15.2. The molecule has 0 saturated heterocycles. The van der Waals surface area contributed by atoms with Crippen LogP contribution in [0.5, 0.6) is 0 Å². The minimum absolute atomic E-state index is 0.225. The fourth-order valence-electron chi connectivity index (χ4n) is 10.6. The van der Waals surface area contributed by atoms with Crippen molar-refractivity contribution in [1.82, 2.24) is 0 Å². The topological polar surface area (TPSA) is 6.48 Å². The van der Waals surface area contributed by atoms with Gasteiger partial charge in [0.25, 0.3) is 0 Å². The monoisotopic (exact) mass is 856 g/mol. The summed E-state index contributed by atoms with van der Waals surface area (Å²) in [6.45, 7) is 4.77.